The quantitative estimate of drug-likeness (QED) is 0.835. The van der Waals surface area contributed by atoms with Gasteiger partial charge >= 0.3 is 5.97 Å². The molecule has 0 unspecified atom stereocenters. The second kappa shape index (κ2) is 6.08. The summed E-state index contributed by atoms with van der Waals surface area (Å²) in [5, 5.41) is 11.3. The number of carbonyl (C=O) groups excluding carboxylic acids is 1. The zero-order chi connectivity index (χ0) is 15.5. The average molecular weight is 291 g/mol. The van der Waals surface area contributed by atoms with Crippen molar-refractivity contribution in [2.45, 2.75) is 32.6 Å². The highest BCUT2D eigenvalue weighted by Gasteiger charge is 2.36. The van der Waals surface area contributed by atoms with Crippen LogP contribution in [-0.2, 0) is 9.59 Å². The molecule has 0 aliphatic heterocycles. The van der Waals surface area contributed by atoms with E-state index in [0.29, 0.717) is 5.69 Å². The fourth-order valence-electron chi connectivity index (χ4n) is 2.57. The van der Waals surface area contributed by atoms with Gasteiger partial charge in [0.25, 0.3) is 0 Å². The number of carboxylic acid groups (broad SMARTS) is 1. The van der Waals surface area contributed by atoms with Crippen molar-refractivity contribution in [3.63, 3.8) is 0 Å². The van der Waals surface area contributed by atoms with E-state index < -0.39 is 11.8 Å². The third-order valence-electron chi connectivity index (χ3n) is 3.92. The van der Waals surface area contributed by atoms with Crippen LogP contribution in [0.25, 0.3) is 6.08 Å². The Morgan fingerprint density at radius 2 is 2.00 bits per heavy atom. The van der Waals surface area contributed by atoms with Gasteiger partial charge in [0.15, 0.2) is 0 Å². The molecular weight excluding hydrogens is 273 g/mol. The van der Waals surface area contributed by atoms with Crippen LogP contribution in [0.3, 0.4) is 0 Å². The van der Waals surface area contributed by atoms with Crippen LogP contribution in [0.15, 0.2) is 24.3 Å². The van der Waals surface area contributed by atoms with Gasteiger partial charge in [0, 0.05) is 22.7 Å². The highest BCUT2D eigenvalue weighted by Crippen LogP contribution is 2.38. The van der Waals surface area contributed by atoms with Crippen molar-refractivity contribution in [1.82, 2.24) is 0 Å². The van der Waals surface area contributed by atoms with E-state index in [2.05, 4.69) is 5.32 Å². The molecule has 1 saturated carbocycles. The molecule has 0 saturated heterocycles. The molecule has 2 N–H and O–H groups in total. The van der Waals surface area contributed by atoms with Gasteiger partial charge in [0.2, 0.25) is 5.91 Å². The van der Waals surface area contributed by atoms with E-state index in [1.54, 1.807) is 6.07 Å². The molecule has 1 aromatic carbocycles. The Hall–Kier alpha value is -2.17. The van der Waals surface area contributed by atoms with E-state index in [0.717, 1.165) is 31.8 Å². The molecule has 21 heavy (non-hydrogen) atoms. The molecule has 2 rings (SSSR count). The molecule has 5 heteroatoms. The number of nitrogens with one attached hydrogen (secondary N) is 1. The number of halogens is 1. The van der Waals surface area contributed by atoms with Crippen LogP contribution in [0, 0.1) is 11.2 Å². The van der Waals surface area contributed by atoms with E-state index in [9.17, 15) is 14.0 Å². The van der Waals surface area contributed by atoms with Crippen LogP contribution in [0.5, 0.6) is 0 Å². The van der Waals surface area contributed by atoms with Gasteiger partial charge in [-0.25, -0.2) is 9.18 Å². The molecule has 1 amide bonds. The van der Waals surface area contributed by atoms with Gasteiger partial charge in [-0.1, -0.05) is 19.8 Å². The van der Waals surface area contributed by atoms with E-state index in [-0.39, 0.29) is 16.9 Å². The standard InChI is InChI=1S/C16H18FNO3/c1-16(8-2-3-9-16)15(21)18-12-6-4-11(13(17)10-12)5-7-14(19)20/h4-7,10H,2-3,8-9H2,1H3,(H,18,21)(H,19,20)/b7-5+. The molecular formula is C16H18FNO3. The van der Waals surface area contributed by atoms with Gasteiger partial charge < -0.3 is 10.4 Å². The normalized spacial score (nSPS) is 17.0. The van der Waals surface area contributed by atoms with Gasteiger partial charge in [-0.05, 0) is 37.1 Å². The molecule has 0 radical (unpaired) electrons. The van der Waals surface area contributed by atoms with Crippen molar-refractivity contribution in [3.05, 3.63) is 35.7 Å². The van der Waals surface area contributed by atoms with Gasteiger partial charge in [0.05, 0.1) is 0 Å². The molecule has 1 aliphatic carbocycles. The predicted molar refractivity (Wildman–Crippen MR) is 78.3 cm³/mol. The number of carboxylic acids is 1. The average Bonchev–Trinajstić information content (AvgIpc) is 2.86. The maximum absolute atomic E-state index is 13.8. The highest BCUT2D eigenvalue weighted by molar-refractivity contribution is 5.95. The van der Waals surface area contributed by atoms with Gasteiger partial charge in [-0.15, -0.1) is 0 Å². The third-order valence-corrected chi connectivity index (χ3v) is 3.92. The van der Waals surface area contributed by atoms with E-state index in [1.807, 2.05) is 6.92 Å². The maximum atomic E-state index is 13.8. The van der Waals surface area contributed by atoms with Crippen molar-refractivity contribution >= 4 is 23.6 Å². The number of hydrogen-bond donors (Lipinski definition) is 2. The minimum Gasteiger partial charge on any atom is -0.478 e. The fourth-order valence-corrected chi connectivity index (χ4v) is 2.57. The summed E-state index contributed by atoms with van der Waals surface area (Å²) in [6.45, 7) is 1.93. The smallest absolute Gasteiger partial charge is 0.328 e. The van der Waals surface area contributed by atoms with Crippen LogP contribution in [0.1, 0.15) is 38.2 Å². The second-order valence-electron chi connectivity index (χ2n) is 5.63. The summed E-state index contributed by atoms with van der Waals surface area (Å²) in [4.78, 5) is 22.6. The van der Waals surface area contributed by atoms with Crippen LogP contribution >= 0.6 is 0 Å². The molecule has 112 valence electrons. The zero-order valence-corrected chi connectivity index (χ0v) is 11.9. The van der Waals surface area contributed by atoms with Crippen LogP contribution in [0.4, 0.5) is 10.1 Å². The summed E-state index contributed by atoms with van der Waals surface area (Å²) < 4.78 is 13.8. The number of carbonyl (C=O) groups is 2. The Morgan fingerprint density at radius 3 is 2.57 bits per heavy atom. The van der Waals surface area contributed by atoms with E-state index in [1.165, 1.54) is 18.2 Å². The summed E-state index contributed by atoms with van der Waals surface area (Å²) in [6.07, 6.45) is 5.83. The lowest BCUT2D eigenvalue weighted by atomic mass is 9.88. The molecule has 0 bridgehead atoms. The summed E-state index contributed by atoms with van der Waals surface area (Å²) in [5.41, 5.74) is 0.179. The molecule has 1 aliphatic rings. The van der Waals surface area contributed by atoms with E-state index in [4.69, 9.17) is 5.11 Å². The maximum Gasteiger partial charge on any atom is 0.328 e. The first-order chi connectivity index (χ1) is 9.90. The van der Waals surface area contributed by atoms with Gasteiger partial charge in [-0.3, -0.25) is 4.79 Å². The lowest BCUT2D eigenvalue weighted by Gasteiger charge is -2.22. The Balaban J connectivity index is 2.10. The Kier molecular flexibility index (Phi) is 4.40. The molecule has 1 aromatic rings. The van der Waals surface area contributed by atoms with Crippen molar-refractivity contribution in [1.29, 1.82) is 0 Å². The highest BCUT2D eigenvalue weighted by atomic mass is 19.1. The molecule has 0 heterocycles. The lowest BCUT2D eigenvalue weighted by molar-refractivity contribution is -0.131. The van der Waals surface area contributed by atoms with Gasteiger partial charge in [-0.2, -0.15) is 0 Å². The molecule has 1 fully saturated rings. The summed E-state index contributed by atoms with van der Waals surface area (Å²) in [7, 11) is 0. The SMILES string of the molecule is CC1(C(=O)Nc2ccc(/C=C/C(=O)O)c(F)c2)CCCC1. The fraction of sp³-hybridized carbons (Fsp3) is 0.375. The number of amides is 1. The zero-order valence-electron chi connectivity index (χ0n) is 11.9. The van der Waals surface area contributed by atoms with Crippen molar-refractivity contribution < 1.29 is 19.1 Å². The molecule has 4 nitrogen and oxygen atoms in total. The lowest BCUT2D eigenvalue weighted by Crippen LogP contribution is -2.30. The predicted octanol–water partition coefficient (Wildman–Crippen LogP) is 3.44. The Morgan fingerprint density at radius 1 is 1.33 bits per heavy atom. The number of hydrogen-bond acceptors (Lipinski definition) is 2. The number of aliphatic carboxylic acids is 1. The third kappa shape index (κ3) is 3.68. The minimum atomic E-state index is -1.14. The first-order valence-electron chi connectivity index (χ1n) is 6.93. The topological polar surface area (TPSA) is 66.4 Å². The first-order valence-corrected chi connectivity index (χ1v) is 6.93. The summed E-state index contributed by atoms with van der Waals surface area (Å²) in [6, 6.07) is 4.22. The molecule has 0 atom stereocenters. The van der Waals surface area contributed by atoms with Crippen molar-refractivity contribution in [2.24, 2.45) is 5.41 Å². The summed E-state index contributed by atoms with van der Waals surface area (Å²) in [5.74, 6) is -1.80. The second-order valence-corrected chi connectivity index (χ2v) is 5.63. The molecule has 0 aromatic heterocycles. The van der Waals surface area contributed by atoms with E-state index >= 15 is 0 Å². The minimum absolute atomic E-state index is 0.0896. The number of benzene rings is 1. The number of anilines is 1. The van der Waals surface area contributed by atoms with Crippen molar-refractivity contribution in [2.75, 3.05) is 5.32 Å². The van der Waals surface area contributed by atoms with Crippen LogP contribution < -0.4 is 5.32 Å². The molecule has 0 spiro atoms. The van der Waals surface area contributed by atoms with Crippen molar-refractivity contribution in [3.8, 4) is 0 Å². The van der Waals surface area contributed by atoms with Gasteiger partial charge in [0.1, 0.15) is 5.82 Å². The Bertz CT molecular complexity index is 589. The van der Waals surface area contributed by atoms with Crippen LogP contribution in [-0.4, -0.2) is 17.0 Å². The summed E-state index contributed by atoms with van der Waals surface area (Å²) >= 11 is 0. The first kappa shape index (κ1) is 15.2. The van der Waals surface area contributed by atoms with Crippen LogP contribution in [0.2, 0.25) is 0 Å². The largest absolute Gasteiger partial charge is 0.478 e. The Labute approximate surface area is 122 Å². The monoisotopic (exact) mass is 291 g/mol. The number of rotatable bonds is 4.